The SMILES string of the molecule is CCOC(=O)c1c2c(n(COC)c1C)-c1nc(Nc3ccc(N4CCN(C)CC4)cc3OC)ncc1CC2. The number of ether oxygens (including phenoxy) is 3. The second-order valence-corrected chi connectivity index (χ2v) is 9.72. The molecule has 1 aliphatic heterocycles. The van der Waals surface area contributed by atoms with E-state index in [-0.39, 0.29) is 5.97 Å². The second-order valence-electron chi connectivity index (χ2n) is 9.72. The summed E-state index contributed by atoms with van der Waals surface area (Å²) in [5.74, 6) is 0.881. The van der Waals surface area contributed by atoms with Crippen LogP contribution in [0.2, 0.25) is 0 Å². The van der Waals surface area contributed by atoms with Crippen LogP contribution in [0, 0.1) is 6.92 Å². The lowest BCUT2D eigenvalue weighted by atomic mass is 9.92. The zero-order valence-corrected chi connectivity index (χ0v) is 22.8. The van der Waals surface area contributed by atoms with Crippen LogP contribution in [0.15, 0.2) is 24.4 Å². The molecule has 0 spiro atoms. The quantitative estimate of drug-likeness (QED) is 0.447. The van der Waals surface area contributed by atoms with Gasteiger partial charge in [0, 0.05) is 56.9 Å². The fourth-order valence-electron chi connectivity index (χ4n) is 5.36. The molecule has 0 radical (unpaired) electrons. The van der Waals surface area contributed by atoms with Gasteiger partial charge in [-0.3, -0.25) is 0 Å². The van der Waals surface area contributed by atoms with E-state index in [1.165, 1.54) is 0 Å². The van der Waals surface area contributed by atoms with Gasteiger partial charge in [0.2, 0.25) is 5.95 Å². The number of benzene rings is 1. The number of nitrogens with zero attached hydrogens (tertiary/aromatic N) is 5. The molecule has 1 aliphatic carbocycles. The van der Waals surface area contributed by atoms with Gasteiger partial charge >= 0.3 is 5.97 Å². The van der Waals surface area contributed by atoms with Gasteiger partial charge in [0.1, 0.15) is 12.5 Å². The zero-order chi connectivity index (χ0) is 26.8. The van der Waals surface area contributed by atoms with Crippen molar-refractivity contribution >= 4 is 23.3 Å². The van der Waals surface area contributed by atoms with Crippen molar-refractivity contribution in [3.63, 3.8) is 0 Å². The number of likely N-dealkylation sites (N-methyl/N-ethyl adjacent to an activating group) is 1. The summed E-state index contributed by atoms with van der Waals surface area (Å²) in [5, 5.41) is 3.35. The lowest BCUT2D eigenvalue weighted by Crippen LogP contribution is -2.44. The molecule has 202 valence electrons. The Hall–Kier alpha value is -3.63. The van der Waals surface area contributed by atoms with Crippen LogP contribution in [0.3, 0.4) is 0 Å². The van der Waals surface area contributed by atoms with Crippen molar-refractivity contribution in [1.82, 2.24) is 19.4 Å². The normalized spacial score (nSPS) is 15.1. The van der Waals surface area contributed by atoms with Crippen LogP contribution in [0.1, 0.15) is 34.1 Å². The van der Waals surface area contributed by atoms with Gasteiger partial charge in [-0.2, -0.15) is 0 Å². The molecule has 1 N–H and O–H groups in total. The molecule has 2 aromatic heterocycles. The Bertz CT molecular complexity index is 1330. The average Bonchev–Trinajstić information content (AvgIpc) is 3.21. The van der Waals surface area contributed by atoms with E-state index >= 15 is 0 Å². The number of aromatic nitrogens is 3. The van der Waals surface area contributed by atoms with Gasteiger partial charge < -0.3 is 33.9 Å². The number of methoxy groups -OCH3 is 2. The minimum Gasteiger partial charge on any atom is -0.494 e. The van der Waals surface area contributed by atoms with Gasteiger partial charge in [-0.25, -0.2) is 14.8 Å². The first-order chi connectivity index (χ1) is 18.4. The van der Waals surface area contributed by atoms with Crippen LogP contribution >= 0.6 is 0 Å². The lowest BCUT2D eigenvalue weighted by molar-refractivity contribution is 0.0523. The molecule has 3 heterocycles. The van der Waals surface area contributed by atoms with Crippen LogP contribution in [0.4, 0.5) is 17.3 Å². The Kier molecular flexibility index (Phi) is 7.53. The minimum atomic E-state index is -0.308. The molecule has 0 unspecified atom stereocenters. The largest absolute Gasteiger partial charge is 0.494 e. The van der Waals surface area contributed by atoms with E-state index < -0.39 is 0 Å². The van der Waals surface area contributed by atoms with E-state index in [2.05, 4.69) is 39.3 Å². The summed E-state index contributed by atoms with van der Waals surface area (Å²) in [6.45, 7) is 8.42. The Morgan fingerprint density at radius 1 is 1.13 bits per heavy atom. The predicted molar refractivity (Wildman–Crippen MR) is 147 cm³/mol. The smallest absolute Gasteiger partial charge is 0.340 e. The van der Waals surface area contributed by atoms with Gasteiger partial charge in [-0.1, -0.05) is 0 Å². The lowest BCUT2D eigenvalue weighted by Gasteiger charge is -2.34. The van der Waals surface area contributed by atoms with E-state index in [4.69, 9.17) is 19.2 Å². The van der Waals surface area contributed by atoms with Crippen molar-refractivity contribution in [2.75, 3.05) is 64.3 Å². The van der Waals surface area contributed by atoms with Crippen LogP contribution < -0.4 is 15.0 Å². The Labute approximate surface area is 223 Å². The molecule has 1 aromatic carbocycles. The highest BCUT2D eigenvalue weighted by molar-refractivity contribution is 5.95. The van der Waals surface area contributed by atoms with Gasteiger partial charge in [0.05, 0.1) is 36.4 Å². The molecule has 0 atom stereocenters. The van der Waals surface area contributed by atoms with Gasteiger partial charge in [0.25, 0.3) is 0 Å². The van der Waals surface area contributed by atoms with Gasteiger partial charge in [-0.15, -0.1) is 0 Å². The summed E-state index contributed by atoms with van der Waals surface area (Å²) < 4.78 is 18.6. The first-order valence-corrected chi connectivity index (χ1v) is 13.1. The summed E-state index contributed by atoms with van der Waals surface area (Å²) in [4.78, 5) is 27.1. The van der Waals surface area contributed by atoms with E-state index in [0.717, 1.165) is 77.9 Å². The first kappa shape index (κ1) is 26.0. The van der Waals surface area contributed by atoms with E-state index in [1.807, 2.05) is 30.7 Å². The van der Waals surface area contributed by atoms with Crippen molar-refractivity contribution < 1.29 is 19.0 Å². The van der Waals surface area contributed by atoms with Gasteiger partial charge in [0.15, 0.2) is 0 Å². The number of nitrogens with one attached hydrogen (secondary N) is 1. The molecule has 10 heteroatoms. The Morgan fingerprint density at radius 3 is 2.63 bits per heavy atom. The number of esters is 1. The van der Waals surface area contributed by atoms with Crippen molar-refractivity contribution in [3.8, 4) is 17.1 Å². The van der Waals surface area contributed by atoms with Crippen LogP contribution in [0.5, 0.6) is 5.75 Å². The van der Waals surface area contributed by atoms with Crippen LogP contribution in [-0.4, -0.2) is 79.5 Å². The fraction of sp³-hybridized carbons (Fsp3) is 0.464. The zero-order valence-electron chi connectivity index (χ0n) is 22.8. The molecule has 0 saturated carbocycles. The Balaban J connectivity index is 1.48. The third-order valence-corrected chi connectivity index (χ3v) is 7.40. The number of aryl methyl sites for hydroxylation is 1. The van der Waals surface area contributed by atoms with Crippen molar-refractivity contribution in [2.24, 2.45) is 0 Å². The average molecular weight is 521 g/mol. The van der Waals surface area contributed by atoms with E-state index in [9.17, 15) is 4.79 Å². The van der Waals surface area contributed by atoms with Crippen LogP contribution in [-0.2, 0) is 29.0 Å². The molecular formula is C28H36N6O4. The highest BCUT2D eigenvalue weighted by Crippen LogP contribution is 2.39. The highest BCUT2D eigenvalue weighted by Gasteiger charge is 2.31. The predicted octanol–water partition coefficient (Wildman–Crippen LogP) is 3.64. The number of hydrogen-bond acceptors (Lipinski definition) is 9. The van der Waals surface area contributed by atoms with Crippen molar-refractivity contribution in [1.29, 1.82) is 0 Å². The first-order valence-electron chi connectivity index (χ1n) is 13.1. The number of piperazine rings is 1. The monoisotopic (exact) mass is 520 g/mol. The molecule has 3 aromatic rings. The van der Waals surface area contributed by atoms with Crippen LogP contribution in [0.25, 0.3) is 11.4 Å². The molecule has 1 fully saturated rings. The maximum atomic E-state index is 12.9. The molecule has 5 rings (SSSR count). The number of fused-ring (bicyclic) bond motifs is 3. The fourth-order valence-corrected chi connectivity index (χ4v) is 5.36. The molecule has 10 nitrogen and oxygen atoms in total. The minimum absolute atomic E-state index is 0.307. The molecule has 1 saturated heterocycles. The van der Waals surface area contributed by atoms with Gasteiger partial charge in [-0.05, 0) is 57.0 Å². The summed E-state index contributed by atoms with van der Waals surface area (Å²) in [6.07, 6.45) is 3.32. The number of carbonyl (C=O) groups excluding carboxylic acids is 1. The number of anilines is 3. The van der Waals surface area contributed by atoms with Crippen molar-refractivity contribution in [2.45, 2.75) is 33.4 Å². The molecule has 38 heavy (non-hydrogen) atoms. The second kappa shape index (κ2) is 11.0. The summed E-state index contributed by atoms with van der Waals surface area (Å²) in [6, 6.07) is 6.17. The molecule has 0 amide bonds. The standard InChI is InChI=1S/C28H36N6O4/c1-6-38-27(35)24-18(2)34(17-36-4)26-21(24)9-7-19-16-29-28(31-25(19)26)30-22-10-8-20(15-23(22)37-5)33-13-11-32(3)12-14-33/h8,10,15-16H,6-7,9,11-14,17H2,1-5H3,(H,29,30,31). The van der Waals surface area contributed by atoms with E-state index in [0.29, 0.717) is 31.3 Å². The molecule has 2 aliphatic rings. The van der Waals surface area contributed by atoms with E-state index in [1.54, 1.807) is 14.2 Å². The topological polar surface area (TPSA) is 94.0 Å². The number of hydrogen-bond donors (Lipinski definition) is 1. The maximum absolute atomic E-state index is 12.9. The molecular weight excluding hydrogens is 484 g/mol. The van der Waals surface area contributed by atoms with Crippen molar-refractivity contribution in [3.05, 3.63) is 46.8 Å². The summed E-state index contributed by atoms with van der Waals surface area (Å²) >= 11 is 0. The number of carbonyl (C=O) groups is 1. The Morgan fingerprint density at radius 2 is 1.92 bits per heavy atom. The molecule has 0 bridgehead atoms. The number of rotatable bonds is 8. The summed E-state index contributed by atoms with van der Waals surface area (Å²) in [7, 11) is 5.47. The third kappa shape index (κ3) is 4.81. The maximum Gasteiger partial charge on any atom is 0.340 e. The third-order valence-electron chi connectivity index (χ3n) is 7.40. The summed E-state index contributed by atoms with van der Waals surface area (Å²) in [5.41, 5.74) is 7.02. The highest BCUT2D eigenvalue weighted by atomic mass is 16.5.